The van der Waals surface area contributed by atoms with Gasteiger partial charge in [-0.15, -0.1) is 11.3 Å². The first-order valence-corrected chi connectivity index (χ1v) is 12.5. The van der Waals surface area contributed by atoms with E-state index in [1.54, 1.807) is 11.3 Å². The van der Waals surface area contributed by atoms with E-state index in [1.807, 2.05) is 23.2 Å². The number of ether oxygens (including phenoxy) is 1. The van der Waals surface area contributed by atoms with E-state index in [-0.39, 0.29) is 5.91 Å². The lowest BCUT2D eigenvalue weighted by Crippen LogP contribution is -2.51. The number of fused-ring (bicyclic) bond motifs is 1. The molecule has 0 aromatic carbocycles. The Bertz CT molecular complexity index is 882. The number of aryl methyl sites for hydroxylation is 1. The van der Waals surface area contributed by atoms with E-state index < -0.39 is 0 Å². The maximum Gasteiger partial charge on any atom is 0.272 e. The summed E-state index contributed by atoms with van der Waals surface area (Å²) in [4.78, 5) is 19.4. The molecule has 1 atom stereocenters. The Morgan fingerprint density at radius 2 is 1.94 bits per heavy atom. The molecule has 1 N–H and O–H groups in total. The number of aromatic nitrogens is 2. The molecule has 1 aliphatic carbocycles. The quantitative estimate of drug-likeness (QED) is 0.767. The highest BCUT2D eigenvalue weighted by molar-refractivity contribution is 7.09. The minimum absolute atomic E-state index is 0.0445. The highest BCUT2D eigenvalue weighted by Gasteiger charge is 2.34. The summed E-state index contributed by atoms with van der Waals surface area (Å²) < 4.78 is 7.45. The Morgan fingerprint density at radius 1 is 1.16 bits per heavy atom. The van der Waals surface area contributed by atoms with Gasteiger partial charge in [-0.2, -0.15) is 5.10 Å². The van der Waals surface area contributed by atoms with Crippen LogP contribution < -0.4 is 5.32 Å². The predicted molar refractivity (Wildman–Crippen MR) is 121 cm³/mol. The van der Waals surface area contributed by atoms with Crippen LogP contribution in [-0.2, 0) is 31.2 Å². The van der Waals surface area contributed by atoms with Crippen LogP contribution in [0.5, 0.6) is 0 Å². The van der Waals surface area contributed by atoms with Crippen molar-refractivity contribution >= 4 is 17.2 Å². The van der Waals surface area contributed by atoms with Crippen molar-refractivity contribution in [1.29, 1.82) is 0 Å². The van der Waals surface area contributed by atoms with Crippen LogP contribution in [-0.4, -0.2) is 77.0 Å². The van der Waals surface area contributed by atoms with E-state index >= 15 is 0 Å². The lowest BCUT2D eigenvalue weighted by Gasteiger charge is -2.43. The first-order chi connectivity index (χ1) is 15.2. The van der Waals surface area contributed by atoms with Gasteiger partial charge in [-0.05, 0) is 56.6 Å². The van der Waals surface area contributed by atoms with Gasteiger partial charge in [0, 0.05) is 48.4 Å². The van der Waals surface area contributed by atoms with Crippen molar-refractivity contribution in [1.82, 2.24) is 24.9 Å². The van der Waals surface area contributed by atoms with E-state index in [9.17, 15) is 4.79 Å². The molecule has 0 saturated carbocycles. The second-order valence-corrected chi connectivity index (χ2v) is 10.0. The van der Waals surface area contributed by atoms with Gasteiger partial charge in [0.05, 0.1) is 19.8 Å². The normalized spacial score (nSPS) is 23.6. The third-order valence-electron chi connectivity index (χ3n) is 7.22. The number of amides is 1. The summed E-state index contributed by atoms with van der Waals surface area (Å²) in [5, 5.41) is 9.72. The summed E-state index contributed by atoms with van der Waals surface area (Å²) in [5.41, 5.74) is 3.03. The fourth-order valence-corrected chi connectivity index (χ4v) is 6.13. The van der Waals surface area contributed by atoms with E-state index in [0.717, 1.165) is 64.2 Å². The number of nitrogens with zero attached hydrogens (tertiary/aromatic N) is 4. The Balaban J connectivity index is 1.21. The van der Waals surface area contributed by atoms with Gasteiger partial charge < -0.3 is 10.1 Å². The van der Waals surface area contributed by atoms with Crippen molar-refractivity contribution < 1.29 is 9.53 Å². The van der Waals surface area contributed by atoms with E-state index in [0.29, 0.717) is 24.3 Å². The van der Waals surface area contributed by atoms with Crippen LogP contribution in [0.3, 0.4) is 0 Å². The Morgan fingerprint density at radius 3 is 2.68 bits per heavy atom. The number of hydrogen-bond donors (Lipinski definition) is 1. The van der Waals surface area contributed by atoms with Crippen LogP contribution >= 0.6 is 11.3 Å². The topological polar surface area (TPSA) is 62.6 Å². The molecule has 8 heteroatoms. The predicted octanol–water partition coefficient (Wildman–Crippen LogP) is 2.07. The summed E-state index contributed by atoms with van der Waals surface area (Å²) in [7, 11) is 1.98. The Kier molecular flexibility index (Phi) is 6.41. The van der Waals surface area contributed by atoms with Gasteiger partial charge in [0.1, 0.15) is 0 Å². The number of nitrogens with one attached hydrogen (secondary N) is 1. The fourth-order valence-electron chi connectivity index (χ4n) is 5.49. The van der Waals surface area contributed by atoms with Crippen molar-refractivity contribution in [2.45, 2.75) is 50.7 Å². The van der Waals surface area contributed by atoms with E-state index in [1.165, 1.54) is 23.4 Å². The van der Waals surface area contributed by atoms with Crippen LogP contribution in [0.1, 0.15) is 45.9 Å². The molecule has 1 amide bonds. The van der Waals surface area contributed by atoms with Crippen LogP contribution in [0.15, 0.2) is 17.5 Å². The molecule has 2 aromatic rings. The molecular weight excluding hydrogens is 410 g/mol. The second kappa shape index (κ2) is 9.40. The van der Waals surface area contributed by atoms with Gasteiger partial charge in [0.15, 0.2) is 5.69 Å². The highest BCUT2D eigenvalue weighted by Crippen LogP contribution is 2.29. The van der Waals surface area contributed by atoms with Crippen molar-refractivity contribution in [3.8, 4) is 0 Å². The van der Waals surface area contributed by atoms with E-state index in [2.05, 4.69) is 26.3 Å². The maximum absolute atomic E-state index is 12.9. The Labute approximate surface area is 188 Å². The van der Waals surface area contributed by atoms with Crippen LogP contribution in [0.4, 0.5) is 0 Å². The summed E-state index contributed by atoms with van der Waals surface area (Å²) in [6.07, 6.45) is 5.58. The third kappa shape index (κ3) is 4.58. The van der Waals surface area contributed by atoms with Gasteiger partial charge in [0.25, 0.3) is 5.91 Å². The van der Waals surface area contributed by atoms with Crippen molar-refractivity contribution in [2.24, 2.45) is 7.05 Å². The molecule has 4 heterocycles. The first-order valence-electron chi connectivity index (χ1n) is 11.6. The van der Waals surface area contributed by atoms with Crippen molar-refractivity contribution in [2.75, 3.05) is 39.4 Å². The molecule has 3 aliphatic rings. The number of carbonyl (C=O) groups is 1. The number of morpholine rings is 1. The molecule has 0 spiro atoms. The number of likely N-dealkylation sites (tertiary alicyclic amines) is 1. The molecule has 2 fully saturated rings. The third-order valence-corrected chi connectivity index (χ3v) is 8.10. The summed E-state index contributed by atoms with van der Waals surface area (Å²) in [6, 6.07) is 5.29. The van der Waals surface area contributed by atoms with Gasteiger partial charge >= 0.3 is 0 Å². The van der Waals surface area contributed by atoms with Crippen molar-refractivity contribution in [3.63, 3.8) is 0 Å². The number of carbonyl (C=O) groups excluding carboxylic acids is 1. The van der Waals surface area contributed by atoms with Crippen LogP contribution in [0.2, 0.25) is 0 Å². The largest absolute Gasteiger partial charge is 0.379 e. The zero-order valence-corrected chi connectivity index (χ0v) is 19.2. The smallest absolute Gasteiger partial charge is 0.272 e. The zero-order chi connectivity index (χ0) is 21.2. The highest BCUT2D eigenvalue weighted by atomic mass is 32.1. The molecule has 0 radical (unpaired) electrons. The van der Waals surface area contributed by atoms with E-state index in [4.69, 9.17) is 4.74 Å². The minimum Gasteiger partial charge on any atom is -0.379 e. The molecule has 31 heavy (non-hydrogen) atoms. The summed E-state index contributed by atoms with van der Waals surface area (Å²) in [5.74, 6) is -0.0445. The molecule has 2 saturated heterocycles. The van der Waals surface area contributed by atoms with Gasteiger partial charge in [-0.1, -0.05) is 6.07 Å². The summed E-state index contributed by atoms with van der Waals surface area (Å²) in [6.45, 7) is 6.80. The van der Waals surface area contributed by atoms with Crippen LogP contribution in [0.25, 0.3) is 0 Å². The fraction of sp³-hybridized carbons (Fsp3) is 0.652. The monoisotopic (exact) mass is 443 g/mol. The lowest BCUT2D eigenvalue weighted by atomic mass is 9.88. The summed E-state index contributed by atoms with van der Waals surface area (Å²) >= 11 is 1.67. The first kappa shape index (κ1) is 21.1. The molecule has 168 valence electrons. The Hall–Kier alpha value is -1.74. The molecule has 1 unspecified atom stereocenters. The zero-order valence-electron chi connectivity index (χ0n) is 18.4. The lowest BCUT2D eigenvalue weighted by molar-refractivity contribution is -0.00397. The number of piperidine rings is 1. The molecule has 5 rings (SSSR count). The van der Waals surface area contributed by atoms with Crippen molar-refractivity contribution in [3.05, 3.63) is 39.3 Å². The average molecular weight is 444 g/mol. The number of hydrogen-bond acceptors (Lipinski definition) is 6. The second-order valence-electron chi connectivity index (χ2n) is 8.97. The minimum atomic E-state index is -0.0445. The maximum atomic E-state index is 12.9. The standard InChI is InChI=1S/C23H33N5O2S/c1-26-21-5-4-18(27-8-6-17(7-9-27)28-10-12-30-13-11-28)15-20(21)22(25-26)23(29)24-16-19-3-2-14-31-19/h2-3,14,17-18H,4-13,15-16H2,1H3,(H,24,29). The van der Waals surface area contributed by atoms with Gasteiger partial charge in [-0.25, -0.2) is 0 Å². The molecule has 2 aromatic heterocycles. The molecule has 7 nitrogen and oxygen atoms in total. The number of thiophene rings is 1. The number of rotatable bonds is 5. The van der Waals surface area contributed by atoms with Gasteiger partial charge in [-0.3, -0.25) is 19.3 Å². The molecule has 2 aliphatic heterocycles. The average Bonchev–Trinajstić information content (AvgIpc) is 3.46. The molecule has 0 bridgehead atoms. The van der Waals surface area contributed by atoms with Crippen LogP contribution in [0, 0.1) is 0 Å². The molecular formula is C23H33N5O2S. The SMILES string of the molecule is Cn1nc(C(=O)NCc2cccs2)c2c1CCC(N1CCC(N3CCOCC3)CC1)C2. The van der Waals surface area contributed by atoms with Gasteiger partial charge in [0.2, 0.25) is 0 Å².